The molecule has 0 amide bonds. The highest BCUT2D eigenvalue weighted by molar-refractivity contribution is 5.69. The molecule has 0 radical (unpaired) electrons. The van der Waals surface area contributed by atoms with Gasteiger partial charge in [-0.25, -0.2) is 0 Å². The van der Waals surface area contributed by atoms with Gasteiger partial charge in [0.2, 0.25) is 0 Å². The van der Waals surface area contributed by atoms with Crippen LogP contribution in [0.25, 0.3) is 0 Å². The molecule has 0 aliphatic carbocycles. The number of hydrogen-bond donors (Lipinski definition) is 1. The highest BCUT2D eigenvalue weighted by Crippen LogP contribution is 2.18. The highest BCUT2D eigenvalue weighted by Gasteiger charge is 2.14. The molecule has 0 aliphatic rings. The first-order chi connectivity index (χ1) is 26.6. The SMILES string of the molecule is CC/C=C\C/C=C\C/C=C\C/C=C\CCCCCCCCCCC(=O)OC(CCCCC/C=C\C/C=C\CCCCCCC)CCCCCCCC(=O)O. The first kappa shape index (κ1) is 51.4. The van der Waals surface area contributed by atoms with Gasteiger partial charge in [0.05, 0.1) is 0 Å². The molecule has 0 aromatic rings. The fraction of sp³-hybridized carbons (Fsp3) is 0.720. The Labute approximate surface area is 335 Å². The van der Waals surface area contributed by atoms with Gasteiger partial charge in [-0.2, -0.15) is 0 Å². The van der Waals surface area contributed by atoms with E-state index in [1.807, 2.05) is 0 Å². The lowest BCUT2D eigenvalue weighted by Gasteiger charge is -2.18. The van der Waals surface area contributed by atoms with Gasteiger partial charge in [0.1, 0.15) is 6.10 Å². The third-order valence-electron chi connectivity index (χ3n) is 9.91. The number of carbonyl (C=O) groups is 2. The number of carboxylic acids is 1. The Kier molecular flexibility index (Phi) is 42.6. The Bertz CT molecular complexity index is 985. The number of aliphatic carboxylic acids is 1. The van der Waals surface area contributed by atoms with Crippen LogP contribution in [0.1, 0.15) is 226 Å². The molecule has 0 bridgehead atoms. The summed E-state index contributed by atoms with van der Waals surface area (Å²) in [4.78, 5) is 23.5. The van der Waals surface area contributed by atoms with Gasteiger partial charge in [-0.1, -0.05) is 177 Å². The van der Waals surface area contributed by atoms with Crippen LogP contribution in [0, 0.1) is 0 Å². The normalized spacial score (nSPS) is 12.9. The molecule has 0 aromatic heterocycles. The molecule has 0 rings (SSSR count). The van der Waals surface area contributed by atoms with Gasteiger partial charge >= 0.3 is 11.9 Å². The second-order valence-electron chi connectivity index (χ2n) is 15.2. The summed E-state index contributed by atoms with van der Waals surface area (Å²) in [6.45, 7) is 4.43. The molecule has 4 nitrogen and oxygen atoms in total. The van der Waals surface area contributed by atoms with Gasteiger partial charge in [0.15, 0.2) is 0 Å². The van der Waals surface area contributed by atoms with Crippen LogP contribution in [-0.4, -0.2) is 23.1 Å². The Morgan fingerprint density at radius 1 is 0.426 bits per heavy atom. The fourth-order valence-electron chi connectivity index (χ4n) is 6.56. The number of esters is 1. The standard InChI is InChI=1S/C50H86O4/c1-3-5-7-9-11-13-15-17-19-20-21-22-23-24-26-28-30-32-34-39-43-47-50(53)54-48(45-41-37-35-38-42-46-49(51)52)44-40-36-33-31-29-27-25-18-16-14-12-10-8-6-4-2/h5,7,11,13,16-19,21-22,27,29,48H,3-4,6,8-10,12,14-15,20,23-26,28,30-47H2,1-2H3,(H,51,52)/b7-5-,13-11-,18-16-,19-17-,22-21-,29-27-. The van der Waals surface area contributed by atoms with Crippen LogP contribution < -0.4 is 0 Å². The summed E-state index contributed by atoms with van der Waals surface area (Å²) in [5.74, 6) is -0.726. The number of carbonyl (C=O) groups excluding carboxylic acids is 1. The molecule has 1 unspecified atom stereocenters. The van der Waals surface area contributed by atoms with E-state index in [1.165, 1.54) is 96.3 Å². The molecule has 1 atom stereocenters. The van der Waals surface area contributed by atoms with Crippen molar-refractivity contribution in [2.75, 3.05) is 0 Å². The zero-order chi connectivity index (χ0) is 39.3. The van der Waals surface area contributed by atoms with E-state index in [9.17, 15) is 9.59 Å². The Balaban J connectivity index is 4.06. The molecule has 0 saturated carbocycles. The summed E-state index contributed by atoms with van der Waals surface area (Å²) >= 11 is 0. The van der Waals surface area contributed by atoms with Crippen molar-refractivity contribution in [3.63, 3.8) is 0 Å². The van der Waals surface area contributed by atoms with Crippen LogP contribution >= 0.6 is 0 Å². The van der Waals surface area contributed by atoms with Gasteiger partial charge in [-0.3, -0.25) is 9.59 Å². The molecule has 0 saturated heterocycles. The molecule has 0 aromatic carbocycles. The van der Waals surface area contributed by atoms with Crippen molar-refractivity contribution >= 4 is 11.9 Å². The molecule has 1 N–H and O–H groups in total. The average molecular weight is 751 g/mol. The first-order valence-corrected chi connectivity index (χ1v) is 22.9. The molecular formula is C50H86O4. The lowest BCUT2D eigenvalue weighted by molar-refractivity contribution is -0.150. The lowest BCUT2D eigenvalue weighted by Crippen LogP contribution is -2.18. The number of unbranched alkanes of at least 4 members (excludes halogenated alkanes) is 20. The Morgan fingerprint density at radius 3 is 1.22 bits per heavy atom. The number of ether oxygens (including phenoxy) is 1. The number of hydrogen-bond acceptors (Lipinski definition) is 3. The summed E-state index contributed by atoms with van der Waals surface area (Å²) in [7, 11) is 0. The second-order valence-corrected chi connectivity index (χ2v) is 15.2. The van der Waals surface area contributed by atoms with Crippen molar-refractivity contribution in [2.45, 2.75) is 232 Å². The molecule has 0 heterocycles. The van der Waals surface area contributed by atoms with Crippen molar-refractivity contribution in [2.24, 2.45) is 0 Å². The van der Waals surface area contributed by atoms with Crippen molar-refractivity contribution in [3.8, 4) is 0 Å². The summed E-state index contributed by atoms with van der Waals surface area (Å²) in [6, 6.07) is 0. The van der Waals surface area contributed by atoms with Crippen LogP contribution in [0.5, 0.6) is 0 Å². The predicted octanol–water partition coefficient (Wildman–Crippen LogP) is 16.2. The van der Waals surface area contributed by atoms with Gasteiger partial charge in [-0.05, 0) is 109 Å². The molecule has 0 aliphatic heterocycles. The monoisotopic (exact) mass is 751 g/mol. The van der Waals surface area contributed by atoms with Crippen molar-refractivity contribution in [3.05, 3.63) is 72.9 Å². The summed E-state index contributed by atoms with van der Waals surface area (Å²) in [6.07, 6.45) is 63.6. The third kappa shape index (κ3) is 43.8. The topological polar surface area (TPSA) is 63.6 Å². The summed E-state index contributed by atoms with van der Waals surface area (Å²) in [5.41, 5.74) is 0. The number of rotatable bonds is 41. The number of allylic oxidation sites excluding steroid dienone is 12. The maximum atomic E-state index is 12.7. The van der Waals surface area contributed by atoms with Crippen molar-refractivity contribution in [1.29, 1.82) is 0 Å². The van der Waals surface area contributed by atoms with Crippen LogP contribution in [0.4, 0.5) is 0 Å². The Hall–Kier alpha value is -2.62. The molecule has 310 valence electrons. The van der Waals surface area contributed by atoms with E-state index in [-0.39, 0.29) is 18.5 Å². The van der Waals surface area contributed by atoms with Gasteiger partial charge < -0.3 is 9.84 Å². The zero-order valence-electron chi connectivity index (χ0n) is 35.5. The maximum absolute atomic E-state index is 12.7. The van der Waals surface area contributed by atoms with Crippen LogP contribution in [-0.2, 0) is 14.3 Å². The summed E-state index contributed by atoms with van der Waals surface area (Å²) < 4.78 is 6.02. The molecule has 4 heteroatoms. The molecule has 0 spiro atoms. The second kappa shape index (κ2) is 44.8. The van der Waals surface area contributed by atoms with E-state index in [2.05, 4.69) is 86.8 Å². The van der Waals surface area contributed by atoms with Crippen LogP contribution in [0.15, 0.2) is 72.9 Å². The van der Waals surface area contributed by atoms with E-state index in [0.717, 1.165) is 103 Å². The smallest absolute Gasteiger partial charge is 0.306 e. The van der Waals surface area contributed by atoms with E-state index in [0.29, 0.717) is 6.42 Å². The Morgan fingerprint density at radius 2 is 0.778 bits per heavy atom. The predicted molar refractivity (Wildman–Crippen MR) is 236 cm³/mol. The lowest BCUT2D eigenvalue weighted by atomic mass is 10.0. The maximum Gasteiger partial charge on any atom is 0.306 e. The van der Waals surface area contributed by atoms with E-state index >= 15 is 0 Å². The first-order valence-electron chi connectivity index (χ1n) is 22.9. The summed E-state index contributed by atoms with van der Waals surface area (Å²) in [5, 5.41) is 8.85. The highest BCUT2D eigenvalue weighted by atomic mass is 16.5. The van der Waals surface area contributed by atoms with E-state index in [4.69, 9.17) is 9.84 Å². The number of carboxylic acid groups (broad SMARTS) is 1. The van der Waals surface area contributed by atoms with E-state index in [1.54, 1.807) is 0 Å². The van der Waals surface area contributed by atoms with Crippen molar-refractivity contribution < 1.29 is 19.4 Å². The third-order valence-corrected chi connectivity index (χ3v) is 9.91. The van der Waals surface area contributed by atoms with Crippen LogP contribution in [0.2, 0.25) is 0 Å². The minimum absolute atomic E-state index is 0.0192. The van der Waals surface area contributed by atoms with Gasteiger partial charge in [0.25, 0.3) is 0 Å². The zero-order valence-corrected chi connectivity index (χ0v) is 35.5. The molecular weight excluding hydrogens is 665 g/mol. The molecule has 0 fully saturated rings. The van der Waals surface area contributed by atoms with Crippen molar-refractivity contribution in [1.82, 2.24) is 0 Å². The van der Waals surface area contributed by atoms with E-state index < -0.39 is 5.97 Å². The van der Waals surface area contributed by atoms with Crippen LogP contribution in [0.3, 0.4) is 0 Å². The minimum Gasteiger partial charge on any atom is -0.481 e. The van der Waals surface area contributed by atoms with Gasteiger partial charge in [-0.15, -0.1) is 0 Å². The average Bonchev–Trinajstić information content (AvgIpc) is 3.16. The fourth-order valence-corrected chi connectivity index (χ4v) is 6.56. The largest absolute Gasteiger partial charge is 0.481 e. The minimum atomic E-state index is -0.706. The van der Waals surface area contributed by atoms with Gasteiger partial charge in [0, 0.05) is 12.8 Å². The molecule has 54 heavy (non-hydrogen) atoms. The quantitative estimate of drug-likeness (QED) is 0.0384.